The molecule has 21 heavy (non-hydrogen) atoms. The van der Waals surface area contributed by atoms with Crippen LogP contribution in [0.2, 0.25) is 0 Å². The molecule has 2 aromatic heterocycles. The lowest BCUT2D eigenvalue weighted by Crippen LogP contribution is -2.19. The summed E-state index contributed by atoms with van der Waals surface area (Å²) >= 11 is 1.43. The van der Waals surface area contributed by atoms with Crippen molar-refractivity contribution in [3.8, 4) is 0 Å². The second-order valence-corrected chi connectivity index (χ2v) is 5.74. The molecular weight excluding hydrogens is 284 g/mol. The van der Waals surface area contributed by atoms with Gasteiger partial charge in [-0.1, -0.05) is 24.3 Å². The van der Waals surface area contributed by atoms with Crippen LogP contribution in [0.4, 0.5) is 5.69 Å². The summed E-state index contributed by atoms with van der Waals surface area (Å²) in [6.07, 6.45) is 0. The van der Waals surface area contributed by atoms with Crippen LogP contribution in [0, 0.1) is 6.92 Å². The van der Waals surface area contributed by atoms with Crippen LogP contribution < -0.4 is 5.32 Å². The van der Waals surface area contributed by atoms with Crippen molar-refractivity contribution in [2.75, 3.05) is 5.32 Å². The number of aliphatic carboxylic acids is 1. The summed E-state index contributed by atoms with van der Waals surface area (Å²) in [6, 6.07) is 12.5. The number of nitrogens with zero attached hydrogens (tertiary/aromatic N) is 1. The summed E-state index contributed by atoms with van der Waals surface area (Å²) in [4.78, 5) is 16.8. The zero-order valence-corrected chi connectivity index (χ0v) is 12.2. The Labute approximate surface area is 126 Å². The Bertz CT molecular complexity index is 784. The molecule has 106 valence electrons. The molecule has 5 heteroatoms. The molecule has 3 aromatic rings. The number of anilines is 1. The number of hydrogen-bond donors (Lipinski definition) is 2. The van der Waals surface area contributed by atoms with Crippen LogP contribution in [-0.4, -0.2) is 16.1 Å². The molecule has 0 aliphatic carbocycles. The minimum atomic E-state index is -0.893. The van der Waals surface area contributed by atoms with Crippen molar-refractivity contribution in [3.05, 3.63) is 58.4 Å². The maximum absolute atomic E-state index is 11.6. The number of benzene rings is 1. The fourth-order valence-electron chi connectivity index (χ4n) is 2.29. The van der Waals surface area contributed by atoms with E-state index in [1.54, 1.807) is 0 Å². The number of carbonyl (C=O) groups is 1. The summed E-state index contributed by atoms with van der Waals surface area (Å²) in [5, 5.41) is 15.4. The highest BCUT2D eigenvalue weighted by molar-refractivity contribution is 7.10. The molecule has 0 aliphatic rings. The van der Waals surface area contributed by atoms with Gasteiger partial charge in [0.25, 0.3) is 0 Å². The maximum atomic E-state index is 11.6. The van der Waals surface area contributed by atoms with Crippen LogP contribution in [0.3, 0.4) is 0 Å². The van der Waals surface area contributed by atoms with E-state index in [0.29, 0.717) is 0 Å². The first-order chi connectivity index (χ1) is 10.1. The number of carboxylic acids is 1. The first kappa shape index (κ1) is 13.6. The summed E-state index contributed by atoms with van der Waals surface area (Å²) in [7, 11) is 0. The summed E-state index contributed by atoms with van der Waals surface area (Å²) in [5.41, 5.74) is 2.50. The van der Waals surface area contributed by atoms with Crippen molar-refractivity contribution in [3.63, 3.8) is 0 Å². The topological polar surface area (TPSA) is 62.2 Å². The predicted octanol–water partition coefficient (Wildman–Crippen LogP) is 3.84. The van der Waals surface area contributed by atoms with E-state index < -0.39 is 12.0 Å². The summed E-state index contributed by atoms with van der Waals surface area (Å²) in [5.74, 6) is -0.893. The van der Waals surface area contributed by atoms with Crippen LogP contribution in [0.1, 0.15) is 16.6 Å². The molecule has 0 spiro atoms. The summed E-state index contributed by atoms with van der Waals surface area (Å²) < 4.78 is 0. The molecule has 0 bridgehead atoms. The van der Waals surface area contributed by atoms with Gasteiger partial charge in [-0.2, -0.15) is 0 Å². The number of aromatic nitrogens is 1. The average molecular weight is 298 g/mol. The Morgan fingerprint density at radius 2 is 2.10 bits per heavy atom. The second-order valence-electron chi connectivity index (χ2n) is 4.76. The average Bonchev–Trinajstić information content (AvgIpc) is 2.97. The normalized spacial score (nSPS) is 12.2. The number of carboxylic acid groups (broad SMARTS) is 1. The van der Waals surface area contributed by atoms with Gasteiger partial charge in [-0.05, 0) is 30.5 Å². The third-order valence-corrected chi connectivity index (χ3v) is 4.16. The third-order valence-electron chi connectivity index (χ3n) is 3.22. The van der Waals surface area contributed by atoms with E-state index >= 15 is 0 Å². The Kier molecular flexibility index (Phi) is 3.58. The minimum absolute atomic E-state index is 0.754. The van der Waals surface area contributed by atoms with Gasteiger partial charge in [0.05, 0.1) is 5.52 Å². The molecule has 3 rings (SSSR count). The molecule has 0 radical (unpaired) electrons. The molecule has 2 N–H and O–H groups in total. The van der Waals surface area contributed by atoms with E-state index in [1.165, 1.54) is 11.3 Å². The van der Waals surface area contributed by atoms with Gasteiger partial charge in [0, 0.05) is 21.6 Å². The molecule has 0 saturated carbocycles. The van der Waals surface area contributed by atoms with Crippen LogP contribution >= 0.6 is 11.3 Å². The second kappa shape index (κ2) is 5.54. The lowest BCUT2D eigenvalue weighted by Gasteiger charge is -2.16. The first-order valence-corrected chi connectivity index (χ1v) is 7.42. The number of rotatable bonds is 4. The molecule has 2 heterocycles. The van der Waals surface area contributed by atoms with Gasteiger partial charge in [-0.25, -0.2) is 4.79 Å². The highest BCUT2D eigenvalue weighted by atomic mass is 32.1. The molecule has 1 aromatic carbocycles. The predicted molar refractivity (Wildman–Crippen MR) is 84.8 cm³/mol. The Hall–Kier alpha value is -2.40. The van der Waals surface area contributed by atoms with Gasteiger partial charge in [-0.3, -0.25) is 4.98 Å². The number of nitrogens with one attached hydrogen (secondary N) is 1. The molecule has 1 unspecified atom stereocenters. The maximum Gasteiger partial charge on any atom is 0.331 e. The highest BCUT2D eigenvalue weighted by Gasteiger charge is 2.21. The van der Waals surface area contributed by atoms with Crippen LogP contribution in [0.15, 0.2) is 47.8 Å². The van der Waals surface area contributed by atoms with E-state index in [4.69, 9.17) is 0 Å². The van der Waals surface area contributed by atoms with Crippen molar-refractivity contribution in [1.29, 1.82) is 0 Å². The smallest absolute Gasteiger partial charge is 0.331 e. The van der Waals surface area contributed by atoms with Crippen molar-refractivity contribution in [2.45, 2.75) is 13.0 Å². The zero-order valence-electron chi connectivity index (χ0n) is 11.4. The van der Waals surface area contributed by atoms with Gasteiger partial charge in [-0.15, -0.1) is 11.3 Å². The lowest BCUT2D eigenvalue weighted by molar-refractivity contribution is -0.138. The minimum Gasteiger partial charge on any atom is -0.479 e. The number of aryl methyl sites for hydroxylation is 1. The van der Waals surface area contributed by atoms with Crippen LogP contribution in [-0.2, 0) is 4.79 Å². The van der Waals surface area contributed by atoms with Gasteiger partial charge < -0.3 is 10.4 Å². The van der Waals surface area contributed by atoms with E-state index in [1.807, 2.05) is 54.8 Å². The Morgan fingerprint density at radius 3 is 2.81 bits per heavy atom. The Balaban J connectivity index is 2.06. The van der Waals surface area contributed by atoms with E-state index in [-0.39, 0.29) is 0 Å². The molecule has 0 aliphatic heterocycles. The Morgan fingerprint density at radius 1 is 1.29 bits per heavy atom. The van der Waals surface area contributed by atoms with Crippen molar-refractivity contribution >= 4 is 33.9 Å². The van der Waals surface area contributed by atoms with Crippen molar-refractivity contribution in [1.82, 2.24) is 4.98 Å². The molecular formula is C16H14N2O2S. The summed E-state index contributed by atoms with van der Waals surface area (Å²) in [6.45, 7) is 1.90. The van der Waals surface area contributed by atoms with Crippen molar-refractivity contribution < 1.29 is 9.90 Å². The largest absolute Gasteiger partial charge is 0.479 e. The standard InChI is InChI=1S/C16H14N2O2S/c1-10-9-13(11-5-2-3-6-12(11)17-10)18-15(16(19)20)14-7-4-8-21-14/h2-9,15H,1H3,(H,17,18)(H,19,20). The number of fused-ring (bicyclic) bond motifs is 1. The molecule has 0 amide bonds. The van der Waals surface area contributed by atoms with Gasteiger partial charge in [0.15, 0.2) is 6.04 Å². The van der Waals surface area contributed by atoms with E-state index in [0.717, 1.165) is 27.2 Å². The van der Waals surface area contributed by atoms with E-state index in [9.17, 15) is 9.90 Å². The quantitative estimate of drug-likeness (QED) is 0.768. The van der Waals surface area contributed by atoms with Crippen LogP contribution in [0.25, 0.3) is 10.9 Å². The molecule has 0 saturated heterocycles. The van der Waals surface area contributed by atoms with Gasteiger partial charge >= 0.3 is 5.97 Å². The SMILES string of the molecule is Cc1cc(NC(C(=O)O)c2cccs2)c2ccccc2n1. The third kappa shape index (κ3) is 2.73. The van der Waals surface area contributed by atoms with E-state index in [2.05, 4.69) is 10.3 Å². The molecule has 0 fully saturated rings. The fraction of sp³-hybridized carbons (Fsp3) is 0.125. The zero-order chi connectivity index (χ0) is 14.8. The molecule has 4 nitrogen and oxygen atoms in total. The van der Waals surface area contributed by atoms with Gasteiger partial charge in [0.2, 0.25) is 0 Å². The number of pyridine rings is 1. The van der Waals surface area contributed by atoms with Crippen molar-refractivity contribution in [2.24, 2.45) is 0 Å². The number of thiophene rings is 1. The number of para-hydroxylation sites is 1. The van der Waals surface area contributed by atoms with Crippen LogP contribution in [0.5, 0.6) is 0 Å². The lowest BCUT2D eigenvalue weighted by atomic mass is 10.1. The highest BCUT2D eigenvalue weighted by Crippen LogP contribution is 2.29. The van der Waals surface area contributed by atoms with Gasteiger partial charge in [0.1, 0.15) is 0 Å². The fourth-order valence-corrected chi connectivity index (χ4v) is 3.06. The molecule has 1 atom stereocenters. The monoisotopic (exact) mass is 298 g/mol. The first-order valence-electron chi connectivity index (χ1n) is 6.54. The number of hydrogen-bond acceptors (Lipinski definition) is 4.